The standard InChI is InChI=1S/C16H16BrClFN/c1-3-15(11-4-6-12(19)7-5-11)20-16-9-14(18)10(2)8-13(16)17/h4-9,15,20H,3H2,1-2H3. The van der Waals surface area contributed by atoms with E-state index in [1.54, 1.807) is 12.1 Å². The summed E-state index contributed by atoms with van der Waals surface area (Å²) in [7, 11) is 0. The van der Waals surface area contributed by atoms with E-state index in [4.69, 9.17) is 11.6 Å². The Hall–Kier alpha value is -1.06. The Morgan fingerprint density at radius 3 is 2.50 bits per heavy atom. The molecule has 2 aromatic carbocycles. The zero-order valence-corrected chi connectivity index (χ0v) is 13.7. The molecule has 0 saturated carbocycles. The molecule has 0 saturated heterocycles. The maximum atomic E-state index is 13.0. The fourth-order valence-corrected chi connectivity index (χ4v) is 2.80. The third kappa shape index (κ3) is 3.53. The number of aryl methyl sites for hydroxylation is 1. The SMILES string of the molecule is CCC(Nc1cc(Cl)c(C)cc1Br)c1ccc(F)cc1. The van der Waals surface area contributed by atoms with Gasteiger partial charge in [-0.3, -0.25) is 0 Å². The average Bonchev–Trinajstić information content (AvgIpc) is 2.42. The van der Waals surface area contributed by atoms with Crippen LogP contribution in [0.15, 0.2) is 40.9 Å². The van der Waals surface area contributed by atoms with Crippen molar-refractivity contribution in [3.05, 3.63) is 62.8 Å². The molecule has 0 amide bonds. The molecule has 0 aromatic heterocycles. The molecule has 2 aromatic rings. The number of rotatable bonds is 4. The third-order valence-electron chi connectivity index (χ3n) is 3.26. The lowest BCUT2D eigenvalue weighted by Gasteiger charge is -2.20. The van der Waals surface area contributed by atoms with Gasteiger partial charge in [0, 0.05) is 9.50 Å². The van der Waals surface area contributed by atoms with Crippen LogP contribution in [0.3, 0.4) is 0 Å². The van der Waals surface area contributed by atoms with Gasteiger partial charge in [-0.15, -0.1) is 0 Å². The molecule has 106 valence electrons. The Labute approximate surface area is 132 Å². The molecular weight excluding hydrogens is 341 g/mol. The second-order valence-electron chi connectivity index (χ2n) is 4.74. The first-order valence-corrected chi connectivity index (χ1v) is 7.66. The van der Waals surface area contributed by atoms with Gasteiger partial charge in [0.15, 0.2) is 0 Å². The quantitative estimate of drug-likeness (QED) is 0.696. The third-order valence-corrected chi connectivity index (χ3v) is 4.32. The predicted molar refractivity (Wildman–Crippen MR) is 86.9 cm³/mol. The molecule has 1 unspecified atom stereocenters. The molecule has 0 aliphatic rings. The summed E-state index contributed by atoms with van der Waals surface area (Å²) < 4.78 is 14.0. The van der Waals surface area contributed by atoms with Crippen molar-refractivity contribution in [2.24, 2.45) is 0 Å². The molecule has 1 nitrogen and oxygen atoms in total. The van der Waals surface area contributed by atoms with Crippen molar-refractivity contribution in [3.63, 3.8) is 0 Å². The van der Waals surface area contributed by atoms with Crippen molar-refractivity contribution in [3.8, 4) is 0 Å². The van der Waals surface area contributed by atoms with Crippen molar-refractivity contribution in [1.29, 1.82) is 0 Å². The topological polar surface area (TPSA) is 12.0 Å². The normalized spacial score (nSPS) is 12.2. The van der Waals surface area contributed by atoms with Crippen LogP contribution in [0.1, 0.15) is 30.5 Å². The second kappa shape index (κ2) is 6.59. The largest absolute Gasteiger partial charge is 0.377 e. The van der Waals surface area contributed by atoms with Gasteiger partial charge < -0.3 is 5.32 Å². The molecule has 1 atom stereocenters. The van der Waals surface area contributed by atoms with E-state index >= 15 is 0 Å². The van der Waals surface area contributed by atoms with Gasteiger partial charge >= 0.3 is 0 Å². The summed E-state index contributed by atoms with van der Waals surface area (Å²) in [6.45, 7) is 4.05. The van der Waals surface area contributed by atoms with E-state index in [1.807, 2.05) is 19.1 Å². The summed E-state index contributed by atoms with van der Waals surface area (Å²) in [5.41, 5.74) is 3.02. The molecular formula is C16H16BrClFN. The fourth-order valence-electron chi connectivity index (χ4n) is 2.06. The summed E-state index contributed by atoms with van der Waals surface area (Å²) in [6, 6.07) is 10.6. The molecule has 0 aliphatic heterocycles. The molecule has 0 spiro atoms. The van der Waals surface area contributed by atoms with Crippen LogP contribution in [-0.4, -0.2) is 0 Å². The second-order valence-corrected chi connectivity index (χ2v) is 6.00. The number of hydrogen-bond acceptors (Lipinski definition) is 1. The van der Waals surface area contributed by atoms with E-state index < -0.39 is 0 Å². The minimum atomic E-state index is -0.219. The minimum absolute atomic E-state index is 0.116. The fraction of sp³-hybridized carbons (Fsp3) is 0.250. The summed E-state index contributed by atoms with van der Waals surface area (Å²) >= 11 is 9.71. The van der Waals surface area contributed by atoms with E-state index in [0.717, 1.165) is 32.7 Å². The van der Waals surface area contributed by atoms with Crippen LogP contribution in [0, 0.1) is 12.7 Å². The number of anilines is 1. The van der Waals surface area contributed by atoms with Gasteiger partial charge in [0.2, 0.25) is 0 Å². The molecule has 0 bridgehead atoms. The molecule has 1 N–H and O–H groups in total. The molecule has 0 aliphatic carbocycles. The lowest BCUT2D eigenvalue weighted by molar-refractivity contribution is 0.625. The Morgan fingerprint density at radius 1 is 1.25 bits per heavy atom. The molecule has 2 rings (SSSR count). The van der Waals surface area contributed by atoms with Crippen molar-refractivity contribution >= 4 is 33.2 Å². The van der Waals surface area contributed by atoms with E-state index in [9.17, 15) is 4.39 Å². The van der Waals surface area contributed by atoms with Crippen LogP contribution in [0.25, 0.3) is 0 Å². The lowest BCUT2D eigenvalue weighted by Crippen LogP contribution is -2.10. The highest BCUT2D eigenvalue weighted by molar-refractivity contribution is 9.10. The van der Waals surface area contributed by atoms with Gasteiger partial charge in [0.25, 0.3) is 0 Å². The van der Waals surface area contributed by atoms with Gasteiger partial charge in [-0.25, -0.2) is 4.39 Å². The average molecular weight is 357 g/mol. The van der Waals surface area contributed by atoms with Gasteiger partial charge in [-0.1, -0.05) is 30.7 Å². The summed E-state index contributed by atoms with van der Waals surface area (Å²) in [5, 5.41) is 4.17. The number of nitrogens with one attached hydrogen (secondary N) is 1. The van der Waals surface area contributed by atoms with E-state index in [1.165, 1.54) is 12.1 Å². The Kier molecular flexibility index (Phi) is 5.06. The van der Waals surface area contributed by atoms with Crippen LogP contribution in [0.2, 0.25) is 5.02 Å². The van der Waals surface area contributed by atoms with Crippen LogP contribution in [-0.2, 0) is 0 Å². The Morgan fingerprint density at radius 2 is 1.90 bits per heavy atom. The smallest absolute Gasteiger partial charge is 0.123 e. The van der Waals surface area contributed by atoms with Gasteiger partial charge in [0.1, 0.15) is 5.82 Å². The maximum Gasteiger partial charge on any atom is 0.123 e. The van der Waals surface area contributed by atoms with Crippen LogP contribution in [0.4, 0.5) is 10.1 Å². The summed E-state index contributed by atoms with van der Waals surface area (Å²) in [6.07, 6.45) is 0.892. The molecule has 0 radical (unpaired) electrons. The molecule has 20 heavy (non-hydrogen) atoms. The molecule has 0 fully saturated rings. The lowest BCUT2D eigenvalue weighted by atomic mass is 10.0. The number of hydrogen-bond donors (Lipinski definition) is 1. The van der Waals surface area contributed by atoms with Crippen LogP contribution in [0.5, 0.6) is 0 Å². The molecule has 4 heteroatoms. The van der Waals surface area contributed by atoms with Crippen molar-refractivity contribution in [2.75, 3.05) is 5.32 Å². The summed E-state index contributed by atoms with van der Waals surface area (Å²) in [4.78, 5) is 0. The maximum absolute atomic E-state index is 13.0. The first-order chi connectivity index (χ1) is 9.51. The predicted octanol–water partition coefficient (Wildman–Crippen LogP) is 6.11. The van der Waals surface area contributed by atoms with Crippen molar-refractivity contribution < 1.29 is 4.39 Å². The minimum Gasteiger partial charge on any atom is -0.377 e. The molecule has 0 heterocycles. The zero-order chi connectivity index (χ0) is 14.7. The van der Waals surface area contributed by atoms with E-state index in [2.05, 4.69) is 28.2 Å². The summed E-state index contributed by atoms with van der Waals surface area (Å²) in [5.74, 6) is -0.219. The number of halogens is 3. The first kappa shape index (κ1) is 15.3. The first-order valence-electron chi connectivity index (χ1n) is 6.49. The van der Waals surface area contributed by atoms with Gasteiger partial charge in [0.05, 0.1) is 11.7 Å². The highest BCUT2D eigenvalue weighted by atomic mass is 79.9. The highest BCUT2D eigenvalue weighted by Gasteiger charge is 2.12. The van der Waals surface area contributed by atoms with Crippen molar-refractivity contribution in [1.82, 2.24) is 0 Å². The highest BCUT2D eigenvalue weighted by Crippen LogP contribution is 2.32. The van der Waals surface area contributed by atoms with Gasteiger partial charge in [-0.2, -0.15) is 0 Å². The Balaban J connectivity index is 2.26. The number of benzene rings is 2. The van der Waals surface area contributed by atoms with Crippen molar-refractivity contribution in [2.45, 2.75) is 26.3 Å². The zero-order valence-electron chi connectivity index (χ0n) is 11.4. The van der Waals surface area contributed by atoms with Crippen LogP contribution >= 0.6 is 27.5 Å². The van der Waals surface area contributed by atoms with E-state index in [0.29, 0.717) is 0 Å². The van der Waals surface area contributed by atoms with E-state index in [-0.39, 0.29) is 11.9 Å². The monoisotopic (exact) mass is 355 g/mol. The van der Waals surface area contributed by atoms with Crippen LogP contribution < -0.4 is 5.32 Å². The Bertz CT molecular complexity index is 598. The van der Waals surface area contributed by atoms with Gasteiger partial charge in [-0.05, 0) is 64.7 Å².